The largest absolute Gasteiger partial charge is 0.494 e. The second-order valence-electron chi connectivity index (χ2n) is 6.24. The van der Waals surface area contributed by atoms with E-state index in [2.05, 4.69) is 4.72 Å². The molecule has 0 spiro atoms. The SMILES string of the molecule is CCOc1ccc(S(=O)(=O)NC2CCCCC2)cc1C(C)C. The molecule has 5 heteroatoms. The van der Waals surface area contributed by atoms with Gasteiger partial charge in [0.05, 0.1) is 11.5 Å². The van der Waals surface area contributed by atoms with Crippen molar-refractivity contribution in [3.63, 3.8) is 0 Å². The molecular weight excluding hydrogens is 298 g/mol. The number of hydrogen-bond acceptors (Lipinski definition) is 3. The lowest BCUT2D eigenvalue weighted by molar-refractivity contribution is 0.335. The van der Waals surface area contributed by atoms with Gasteiger partial charge in [-0.05, 0) is 49.4 Å². The molecule has 1 saturated carbocycles. The highest BCUT2D eigenvalue weighted by Gasteiger charge is 2.23. The van der Waals surface area contributed by atoms with Crippen LogP contribution in [0.2, 0.25) is 0 Å². The Morgan fingerprint density at radius 1 is 1.23 bits per heavy atom. The van der Waals surface area contributed by atoms with E-state index in [1.165, 1.54) is 6.42 Å². The van der Waals surface area contributed by atoms with Crippen molar-refractivity contribution in [3.05, 3.63) is 23.8 Å². The third kappa shape index (κ3) is 4.23. The molecule has 2 rings (SSSR count). The van der Waals surface area contributed by atoms with Gasteiger partial charge in [0.1, 0.15) is 5.75 Å². The summed E-state index contributed by atoms with van der Waals surface area (Å²) in [4.78, 5) is 0.338. The van der Waals surface area contributed by atoms with Crippen molar-refractivity contribution >= 4 is 10.0 Å². The molecule has 0 radical (unpaired) electrons. The van der Waals surface area contributed by atoms with E-state index in [1.807, 2.05) is 20.8 Å². The molecule has 22 heavy (non-hydrogen) atoms. The van der Waals surface area contributed by atoms with Crippen LogP contribution in [-0.2, 0) is 10.0 Å². The molecule has 1 N–H and O–H groups in total. The van der Waals surface area contributed by atoms with Crippen molar-refractivity contribution in [2.24, 2.45) is 0 Å². The van der Waals surface area contributed by atoms with E-state index >= 15 is 0 Å². The van der Waals surface area contributed by atoms with E-state index in [1.54, 1.807) is 18.2 Å². The lowest BCUT2D eigenvalue weighted by atomic mass is 9.96. The summed E-state index contributed by atoms with van der Waals surface area (Å²) in [5, 5.41) is 0. The van der Waals surface area contributed by atoms with Gasteiger partial charge in [-0.1, -0.05) is 33.1 Å². The summed E-state index contributed by atoms with van der Waals surface area (Å²) in [5.41, 5.74) is 0.938. The molecule has 0 aromatic heterocycles. The fraction of sp³-hybridized carbons (Fsp3) is 0.647. The van der Waals surface area contributed by atoms with Gasteiger partial charge in [0.15, 0.2) is 0 Å². The predicted octanol–water partition coefficient (Wildman–Crippen LogP) is 3.82. The highest BCUT2D eigenvalue weighted by atomic mass is 32.2. The first-order valence-corrected chi connectivity index (χ1v) is 9.71. The van der Waals surface area contributed by atoms with Gasteiger partial charge in [0, 0.05) is 6.04 Å². The van der Waals surface area contributed by atoms with Crippen LogP contribution in [0.15, 0.2) is 23.1 Å². The minimum Gasteiger partial charge on any atom is -0.494 e. The molecule has 1 aromatic carbocycles. The molecular formula is C17H27NO3S. The summed E-state index contributed by atoms with van der Waals surface area (Å²) < 4.78 is 33.6. The number of hydrogen-bond donors (Lipinski definition) is 1. The zero-order valence-electron chi connectivity index (χ0n) is 13.8. The predicted molar refractivity (Wildman–Crippen MR) is 88.9 cm³/mol. The molecule has 1 aromatic rings. The Bertz CT molecular complexity index is 590. The van der Waals surface area contributed by atoms with E-state index in [0.717, 1.165) is 37.0 Å². The first kappa shape index (κ1) is 17.3. The normalized spacial score (nSPS) is 16.9. The van der Waals surface area contributed by atoms with Crippen LogP contribution in [0.5, 0.6) is 5.75 Å². The van der Waals surface area contributed by atoms with Crippen LogP contribution in [0.25, 0.3) is 0 Å². The van der Waals surface area contributed by atoms with E-state index in [-0.39, 0.29) is 12.0 Å². The molecule has 0 unspecified atom stereocenters. The van der Waals surface area contributed by atoms with Crippen molar-refractivity contribution in [3.8, 4) is 5.75 Å². The van der Waals surface area contributed by atoms with Gasteiger partial charge < -0.3 is 4.74 Å². The summed E-state index contributed by atoms with van der Waals surface area (Å²) in [6.45, 7) is 6.59. The van der Waals surface area contributed by atoms with Gasteiger partial charge in [-0.3, -0.25) is 0 Å². The fourth-order valence-electron chi connectivity index (χ4n) is 2.94. The molecule has 0 atom stereocenters. The molecule has 1 aliphatic rings. The van der Waals surface area contributed by atoms with Crippen molar-refractivity contribution in [2.45, 2.75) is 69.7 Å². The zero-order valence-corrected chi connectivity index (χ0v) is 14.6. The number of rotatable bonds is 6. The Balaban J connectivity index is 2.24. The Hall–Kier alpha value is -1.07. The highest BCUT2D eigenvalue weighted by Crippen LogP contribution is 2.29. The highest BCUT2D eigenvalue weighted by molar-refractivity contribution is 7.89. The van der Waals surface area contributed by atoms with Crippen molar-refractivity contribution in [1.82, 2.24) is 4.72 Å². The van der Waals surface area contributed by atoms with E-state index in [4.69, 9.17) is 4.74 Å². The molecule has 1 fully saturated rings. The summed E-state index contributed by atoms with van der Waals surface area (Å²) >= 11 is 0. The van der Waals surface area contributed by atoms with Crippen molar-refractivity contribution in [2.75, 3.05) is 6.61 Å². The standard InChI is InChI=1S/C17H27NO3S/c1-4-21-17-11-10-15(12-16(17)13(2)3)22(19,20)18-14-8-6-5-7-9-14/h10-14,18H,4-9H2,1-3H3. The lowest BCUT2D eigenvalue weighted by Crippen LogP contribution is -2.36. The van der Waals surface area contributed by atoms with Crippen LogP contribution >= 0.6 is 0 Å². The Morgan fingerprint density at radius 2 is 1.91 bits per heavy atom. The first-order chi connectivity index (χ1) is 10.4. The van der Waals surface area contributed by atoms with Crippen molar-refractivity contribution < 1.29 is 13.2 Å². The van der Waals surface area contributed by atoms with Crippen LogP contribution in [0.4, 0.5) is 0 Å². The fourth-order valence-corrected chi connectivity index (χ4v) is 4.28. The molecule has 0 aliphatic heterocycles. The van der Waals surface area contributed by atoms with Crippen LogP contribution < -0.4 is 9.46 Å². The monoisotopic (exact) mass is 325 g/mol. The minimum absolute atomic E-state index is 0.0767. The van der Waals surface area contributed by atoms with Crippen LogP contribution in [0.3, 0.4) is 0 Å². The number of benzene rings is 1. The van der Waals surface area contributed by atoms with E-state index in [9.17, 15) is 8.42 Å². The maximum absolute atomic E-state index is 12.6. The summed E-state index contributed by atoms with van der Waals surface area (Å²) in [6.07, 6.45) is 5.29. The van der Waals surface area contributed by atoms with Gasteiger partial charge in [0.2, 0.25) is 10.0 Å². The topological polar surface area (TPSA) is 55.4 Å². The summed E-state index contributed by atoms with van der Waals surface area (Å²) in [7, 11) is -3.45. The van der Waals surface area contributed by atoms with E-state index in [0.29, 0.717) is 11.5 Å². The second-order valence-corrected chi connectivity index (χ2v) is 7.96. The number of sulfonamides is 1. The third-order valence-electron chi connectivity index (χ3n) is 4.14. The Morgan fingerprint density at radius 3 is 2.50 bits per heavy atom. The first-order valence-electron chi connectivity index (χ1n) is 8.23. The molecule has 124 valence electrons. The minimum atomic E-state index is -3.45. The molecule has 1 aliphatic carbocycles. The quantitative estimate of drug-likeness (QED) is 0.865. The smallest absolute Gasteiger partial charge is 0.240 e. The third-order valence-corrected chi connectivity index (χ3v) is 5.66. The zero-order chi connectivity index (χ0) is 16.2. The van der Waals surface area contributed by atoms with Crippen LogP contribution in [0.1, 0.15) is 64.4 Å². The molecule has 0 bridgehead atoms. The maximum Gasteiger partial charge on any atom is 0.240 e. The van der Waals surface area contributed by atoms with Gasteiger partial charge in [-0.25, -0.2) is 13.1 Å². The summed E-state index contributed by atoms with van der Waals surface area (Å²) in [5.74, 6) is 0.987. The van der Waals surface area contributed by atoms with Gasteiger partial charge in [-0.15, -0.1) is 0 Å². The number of nitrogens with one attached hydrogen (secondary N) is 1. The van der Waals surface area contributed by atoms with Gasteiger partial charge in [0.25, 0.3) is 0 Å². The molecule has 0 heterocycles. The number of ether oxygens (including phenoxy) is 1. The second kappa shape index (κ2) is 7.47. The van der Waals surface area contributed by atoms with Crippen molar-refractivity contribution in [1.29, 1.82) is 0 Å². The maximum atomic E-state index is 12.6. The molecule has 4 nitrogen and oxygen atoms in total. The average molecular weight is 325 g/mol. The van der Waals surface area contributed by atoms with Crippen LogP contribution in [-0.4, -0.2) is 21.1 Å². The molecule has 0 amide bonds. The molecule has 0 saturated heterocycles. The Kier molecular flexibility index (Phi) is 5.87. The Labute approximate surface area is 134 Å². The van der Waals surface area contributed by atoms with Crippen LogP contribution in [0, 0.1) is 0 Å². The van der Waals surface area contributed by atoms with Gasteiger partial charge >= 0.3 is 0 Å². The lowest BCUT2D eigenvalue weighted by Gasteiger charge is -2.23. The van der Waals surface area contributed by atoms with Gasteiger partial charge in [-0.2, -0.15) is 0 Å². The average Bonchev–Trinajstić information content (AvgIpc) is 2.48. The summed E-state index contributed by atoms with van der Waals surface area (Å²) in [6, 6.07) is 5.24. The van der Waals surface area contributed by atoms with E-state index < -0.39 is 10.0 Å².